The Hall–Kier alpha value is -2.58. The summed E-state index contributed by atoms with van der Waals surface area (Å²) in [5, 5.41) is 17.9. The van der Waals surface area contributed by atoms with Crippen molar-refractivity contribution in [3.05, 3.63) is 47.3 Å². The van der Waals surface area contributed by atoms with E-state index in [1.165, 1.54) is 12.4 Å². The van der Waals surface area contributed by atoms with E-state index in [9.17, 15) is 4.79 Å². The molecule has 20 heavy (non-hydrogen) atoms. The first-order valence-corrected chi connectivity index (χ1v) is 6.21. The first-order chi connectivity index (χ1) is 9.70. The number of nitrogens with one attached hydrogen (secondary N) is 2. The molecular weight excluding hydrogens is 254 g/mol. The van der Waals surface area contributed by atoms with Crippen LogP contribution in [-0.4, -0.2) is 27.8 Å². The Kier molecular flexibility index (Phi) is 4.53. The number of aliphatic hydroxyl groups excluding tert-OH is 1. The summed E-state index contributed by atoms with van der Waals surface area (Å²) in [4.78, 5) is 12.0. The highest BCUT2D eigenvalue weighted by Crippen LogP contribution is 2.17. The topological polar surface area (TPSA) is 78.0 Å². The molecule has 1 heterocycles. The molecule has 0 fully saturated rings. The highest BCUT2D eigenvalue weighted by molar-refractivity contribution is 6.04. The van der Waals surface area contributed by atoms with E-state index in [1.54, 1.807) is 0 Å². The lowest BCUT2D eigenvalue weighted by Gasteiger charge is -2.07. The van der Waals surface area contributed by atoms with Gasteiger partial charge in [-0.25, -0.2) is 0 Å². The predicted octanol–water partition coefficient (Wildman–Crippen LogP) is 1.70. The van der Waals surface area contributed by atoms with Crippen molar-refractivity contribution in [3.63, 3.8) is 0 Å². The molecule has 0 aliphatic carbocycles. The van der Waals surface area contributed by atoms with Crippen LogP contribution in [0, 0.1) is 18.8 Å². The van der Waals surface area contributed by atoms with Crippen LogP contribution in [0.3, 0.4) is 0 Å². The number of rotatable bonds is 3. The maximum atomic E-state index is 12.0. The first kappa shape index (κ1) is 13.8. The number of aromatic nitrogens is 2. The molecule has 102 valence electrons. The SMILES string of the molecule is Cc1ccc(C#CCCO)cc1NC(=O)c1cn[nH]c1. The summed E-state index contributed by atoms with van der Waals surface area (Å²) in [5.41, 5.74) is 2.94. The predicted molar refractivity (Wildman–Crippen MR) is 76.3 cm³/mol. The highest BCUT2D eigenvalue weighted by atomic mass is 16.2. The van der Waals surface area contributed by atoms with E-state index in [1.807, 2.05) is 25.1 Å². The van der Waals surface area contributed by atoms with E-state index in [-0.39, 0.29) is 12.5 Å². The normalized spacial score (nSPS) is 9.70. The molecule has 0 aliphatic heterocycles. The van der Waals surface area contributed by atoms with Crippen molar-refractivity contribution in [2.75, 3.05) is 11.9 Å². The molecule has 0 atom stereocenters. The molecule has 1 aromatic carbocycles. The van der Waals surface area contributed by atoms with Gasteiger partial charge in [0.25, 0.3) is 5.91 Å². The third-order valence-corrected chi connectivity index (χ3v) is 2.72. The van der Waals surface area contributed by atoms with Gasteiger partial charge in [0.2, 0.25) is 0 Å². The minimum atomic E-state index is -0.220. The van der Waals surface area contributed by atoms with Crippen LogP contribution in [0.15, 0.2) is 30.6 Å². The van der Waals surface area contributed by atoms with E-state index in [4.69, 9.17) is 5.11 Å². The van der Waals surface area contributed by atoms with Crippen molar-refractivity contribution < 1.29 is 9.90 Å². The Balaban J connectivity index is 2.17. The number of aromatic amines is 1. The van der Waals surface area contributed by atoms with Crippen LogP contribution in [0.1, 0.15) is 27.9 Å². The Morgan fingerprint density at radius 3 is 3.05 bits per heavy atom. The van der Waals surface area contributed by atoms with Gasteiger partial charge >= 0.3 is 0 Å². The zero-order valence-electron chi connectivity index (χ0n) is 11.1. The van der Waals surface area contributed by atoms with Crippen molar-refractivity contribution in [2.45, 2.75) is 13.3 Å². The third-order valence-electron chi connectivity index (χ3n) is 2.72. The molecule has 2 aromatic rings. The van der Waals surface area contributed by atoms with Gasteiger partial charge in [0.05, 0.1) is 18.4 Å². The molecule has 0 unspecified atom stereocenters. The zero-order valence-corrected chi connectivity index (χ0v) is 11.1. The maximum absolute atomic E-state index is 12.0. The minimum absolute atomic E-state index is 0.0446. The van der Waals surface area contributed by atoms with E-state index in [2.05, 4.69) is 27.4 Å². The van der Waals surface area contributed by atoms with E-state index in [0.29, 0.717) is 17.7 Å². The molecule has 1 amide bonds. The van der Waals surface area contributed by atoms with Crippen molar-refractivity contribution in [3.8, 4) is 11.8 Å². The number of hydrogen-bond acceptors (Lipinski definition) is 3. The zero-order chi connectivity index (χ0) is 14.4. The molecule has 0 spiro atoms. The van der Waals surface area contributed by atoms with Crippen LogP contribution in [0.2, 0.25) is 0 Å². The largest absolute Gasteiger partial charge is 0.395 e. The molecule has 5 heteroatoms. The number of carbonyl (C=O) groups excluding carboxylic acids is 1. The number of carbonyl (C=O) groups is 1. The lowest BCUT2D eigenvalue weighted by atomic mass is 10.1. The Morgan fingerprint density at radius 2 is 2.35 bits per heavy atom. The van der Waals surface area contributed by atoms with Gasteiger partial charge in [-0.15, -0.1) is 0 Å². The molecule has 5 nitrogen and oxygen atoms in total. The fraction of sp³-hybridized carbons (Fsp3) is 0.200. The number of amides is 1. The number of nitrogens with zero attached hydrogens (tertiary/aromatic N) is 1. The standard InChI is InChI=1S/C15H15N3O2/c1-11-5-6-12(4-2-3-7-19)8-14(11)18-15(20)13-9-16-17-10-13/h5-6,8-10,19H,3,7H2,1H3,(H,16,17)(H,18,20). The molecule has 0 saturated heterocycles. The molecule has 3 N–H and O–H groups in total. The van der Waals surface area contributed by atoms with Gasteiger partial charge in [-0.3, -0.25) is 9.89 Å². The third kappa shape index (κ3) is 3.46. The van der Waals surface area contributed by atoms with Crippen LogP contribution in [0.25, 0.3) is 0 Å². The van der Waals surface area contributed by atoms with Crippen molar-refractivity contribution >= 4 is 11.6 Å². The number of H-pyrrole nitrogens is 1. The second kappa shape index (κ2) is 6.55. The number of hydrogen-bond donors (Lipinski definition) is 3. The minimum Gasteiger partial charge on any atom is -0.395 e. The van der Waals surface area contributed by atoms with E-state index < -0.39 is 0 Å². The monoisotopic (exact) mass is 269 g/mol. The van der Waals surface area contributed by atoms with Crippen LogP contribution in [0.4, 0.5) is 5.69 Å². The second-order valence-electron chi connectivity index (χ2n) is 4.25. The summed E-state index contributed by atoms with van der Waals surface area (Å²) in [7, 11) is 0. The first-order valence-electron chi connectivity index (χ1n) is 6.21. The molecule has 0 bridgehead atoms. The smallest absolute Gasteiger partial charge is 0.258 e. The van der Waals surface area contributed by atoms with Crippen LogP contribution < -0.4 is 5.32 Å². The number of benzene rings is 1. The quantitative estimate of drug-likeness (QED) is 0.742. The lowest BCUT2D eigenvalue weighted by Crippen LogP contribution is -2.12. The fourth-order valence-corrected chi connectivity index (χ4v) is 1.62. The summed E-state index contributed by atoms with van der Waals surface area (Å²) in [6.07, 6.45) is 3.44. The lowest BCUT2D eigenvalue weighted by molar-refractivity contribution is 0.102. The molecule has 0 radical (unpaired) electrons. The Morgan fingerprint density at radius 1 is 1.50 bits per heavy atom. The van der Waals surface area contributed by atoms with Crippen LogP contribution in [-0.2, 0) is 0 Å². The molecule has 0 saturated carbocycles. The molecule has 2 rings (SSSR count). The van der Waals surface area contributed by atoms with Gasteiger partial charge in [-0.1, -0.05) is 17.9 Å². The summed E-state index contributed by atoms with van der Waals surface area (Å²) < 4.78 is 0. The summed E-state index contributed by atoms with van der Waals surface area (Å²) in [6.45, 7) is 1.96. The van der Waals surface area contributed by atoms with Crippen molar-refractivity contribution in [2.24, 2.45) is 0 Å². The second-order valence-corrected chi connectivity index (χ2v) is 4.25. The number of aliphatic hydroxyl groups is 1. The average Bonchev–Trinajstić information content (AvgIpc) is 2.97. The Bertz CT molecular complexity index is 651. The Labute approximate surface area is 117 Å². The van der Waals surface area contributed by atoms with E-state index >= 15 is 0 Å². The maximum Gasteiger partial charge on any atom is 0.258 e. The molecular formula is C15H15N3O2. The van der Waals surface area contributed by atoms with Gasteiger partial charge in [-0.2, -0.15) is 5.10 Å². The molecule has 1 aromatic heterocycles. The van der Waals surface area contributed by atoms with Gasteiger partial charge in [0.15, 0.2) is 0 Å². The van der Waals surface area contributed by atoms with Crippen LogP contribution >= 0.6 is 0 Å². The summed E-state index contributed by atoms with van der Waals surface area (Å²) >= 11 is 0. The number of aryl methyl sites for hydroxylation is 1. The van der Waals surface area contributed by atoms with Gasteiger partial charge < -0.3 is 10.4 Å². The highest BCUT2D eigenvalue weighted by Gasteiger charge is 2.08. The van der Waals surface area contributed by atoms with Crippen LogP contribution in [0.5, 0.6) is 0 Å². The summed E-state index contributed by atoms with van der Waals surface area (Å²) in [5.74, 6) is 5.57. The summed E-state index contributed by atoms with van der Waals surface area (Å²) in [6, 6.07) is 5.60. The fourth-order valence-electron chi connectivity index (χ4n) is 1.62. The van der Waals surface area contributed by atoms with E-state index in [0.717, 1.165) is 11.1 Å². The molecule has 0 aliphatic rings. The van der Waals surface area contributed by atoms with Gasteiger partial charge in [0.1, 0.15) is 0 Å². The van der Waals surface area contributed by atoms with Crippen molar-refractivity contribution in [1.82, 2.24) is 10.2 Å². The van der Waals surface area contributed by atoms with Gasteiger partial charge in [-0.05, 0) is 24.6 Å². The van der Waals surface area contributed by atoms with Gasteiger partial charge in [0, 0.05) is 23.9 Å². The van der Waals surface area contributed by atoms with Crippen molar-refractivity contribution in [1.29, 1.82) is 0 Å². The average molecular weight is 269 g/mol. The number of anilines is 1.